The van der Waals surface area contributed by atoms with Gasteiger partial charge in [0.2, 0.25) is 0 Å². The Morgan fingerprint density at radius 1 is 1.32 bits per heavy atom. The zero-order valence-corrected chi connectivity index (χ0v) is 10.8. The fraction of sp³-hybridized carbons (Fsp3) is 0.500. The molecule has 0 radical (unpaired) electrons. The van der Waals surface area contributed by atoms with Gasteiger partial charge < -0.3 is 9.84 Å². The maximum atomic E-state index is 11.0. The number of para-hydroxylation sites is 1. The van der Waals surface area contributed by atoms with E-state index < -0.39 is 5.97 Å². The van der Waals surface area contributed by atoms with E-state index in [-0.39, 0.29) is 5.56 Å². The number of carbonyl (C=O) groups is 1. The number of hydrogen-bond donors (Lipinski definition) is 2. The Bertz CT molecular complexity index is 416. The summed E-state index contributed by atoms with van der Waals surface area (Å²) in [5.74, 6) is -0.594. The summed E-state index contributed by atoms with van der Waals surface area (Å²) in [5, 5.41) is 8.99. The Labute approximate surface area is 112 Å². The molecule has 2 N–H and O–H groups in total. The van der Waals surface area contributed by atoms with Crippen LogP contribution in [-0.4, -0.2) is 30.3 Å². The molecular weight excluding hydrogens is 246 g/mol. The van der Waals surface area contributed by atoms with Crippen LogP contribution in [0, 0.1) is 0 Å². The van der Waals surface area contributed by atoms with E-state index in [1.165, 1.54) is 18.9 Å². The summed E-state index contributed by atoms with van der Waals surface area (Å²) in [5.41, 5.74) is 3.05. The number of hydroxylamine groups is 1. The summed E-state index contributed by atoms with van der Waals surface area (Å²) in [4.78, 5) is 16.4. The van der Waals surface area contributed by atoms with E-state index in [4.69, 9.17) is 14.7 Å². The van der Waals surface area contributed by atoms with E-state index in [1.54, 1.807) is 18.2 Å². The highest BCUT2D eigenvalue weighted by Gasteiger charge is 2.15. The van der Waals surface area contributed by atoms with Gasteiger partial charge in [-0.3, -0.25) is 4.84 Å². The topological polar surface area (TPSA) is 67.8 Å². The summed E-state index contributed by atoms with van der Waals surface area (Å²) < 4.78 is 5.44. The first-order chi connectivity index (χ1) is 9.27. The fourth-order valence-corrected chi connectivity index (χ4v) is 2.15. The fourth-order valence-electron chi connectivity index (χ4n) is 2.15. The Hall–Kier alpha value is -1.59. The summed E-state index contributed by atoms with van der Waals surface area (Å²) in [6.07, 6.45) is 4.99. The smallest absolute Gasteiger partial charge is 0.339 e. The normalized spacial score (nSPS) is 15.6. The standard InChI is InChI=1S/C14H19NO4/c16-14(17)12-7-3-4-8-13(12)18-10-9-15-19-11-5-1-2-6-11/h3-4,7-8,11,15H,1-2,5-6,9-10H2,(H,16,17). The third-order valence-electron chi connectivity index (χ3n) is 3.13. The van der Waals surface area contributed by atoms with Crippen LogP contribution in [0.5, 0.6) is 5.75 Å². The Balaban J connectivity index is 1.69. The van der Waals surface area contributed by atoms with Gasteiger partial charge in [0, 0.05) is 0 Å². The first-order valence-electron chi connectivity index (χ1n) is 6.61. The average molecular weight is 265 g/mol. The minimum absolute atomic E-state index is 0.180. The summed E-state index contributed by atoms with van der Waals surface area (Å²) in [6.45, 7) is 0.904. The second kappa shape index (κ2) is 7.11. The van der Waals surface area contributed by atoms with E-state index in [0.717, 1.165) is 12.8 Å². The predicted molar refractivity (Wildman–Crippen MR) is 70.2 cm³/mol. The molecule has 5 nitrogen and oxygen atoms in total. The Morgan fingerprint density at radius 3 is 2.79 bits per heavy atom. The van der Waals surface area contributed by atoms with Crippen LogP contribution in [0.3, 0.4) is 0 Å². The molecule has 1 aliphatic rings. The molecule has 0 amide bonds. The molecule has 1 aromatic rings. The molecule has 0 unspecified atom stereocenters. The van der Waals surface area contributed by atoms with Crippen molar-refractivity contribution < 1.29 is 19.5 Å². The monoisotopic (exact) mass is 265 g/mol. The highest BCUT2D eigenvalue weighted by atomic mass is 16.7. The van der Waals surface area contributed by atoms with Gasteiger partial charge in [-0.2, -0.15) is 5.48 Å². The van der Waals surface area contributed by atoms with Gasteiger partial charge in [0.15, 0.2) is 0 Å². The molecule has 19 heavy (non-hydrogen) atoms. The number of carboxylic acid groups (broad SMARTS) is 1. The minimum Gasteiger partial charge on any atom is -0.491 e. The molecule has 0 spiro atoms. The van der Waals surface area contributed by atoms with Crippen LogP contribution in [0.4, 0.5) is 0 Å². The van der Waals surface area contributed by atoms with E-state index in [0.29, 0.717) is 25.0 Å². The van der Waals surface area contributed by atoms with E-state index in [2.05, 4.69) is 5.48 Å². The first-order valence-corrected chi connectivity index (χ1v) is 6.61. The average Bonchev–Trinajstić information content (AvgIpc) is 2.92. The van der Waals surface area contributed by atoms with Crippen molar-refractivity contribution in [2.24, 2.45) is 0 Å². The third kappa shape index (κ3) is 4.22. The first kappa shape index (κ1) is 13.8. The van der Waals surface area contributed by atoms with Gasteiger partial charge in [-0.15, -0.1) is 0 Å². The third-order valence-corrected chi connectivity index (χ3v) is 3.13. The quantitative estimate of drug-likeness (QED) is 0.584. The lowest BCUT2D eigenvalue weighted by Gasteiger charge is -2.12. The second-order valence-electron chi connectivity index (χ2n) is 4.57. The molecular formula is C14H19NO4. The number of nitrogens with one attached hydrogen (secondary N) is 1. The molecule has 1 aromatic carbocycles. The van der Waals surface area contributed by atoms with Crippen LogP contribution in [0.1, 0.15) is 36.0 Å². The molecule has 0 bridgehead atoms. The van der Waals surface area contributed by atoms with Crippen LogP contribution in [0.25, 0.3) is 0 Å². The van der Waals surface area contributed by atoms with Crippen molar-refractivity contribution in [2.45, 2.75) is 31.8 Å². The van der Waals surface area contributed by atoms with E-state index in [9.17, 15) is 4.79 Å². The summed E-state index contributed by atoms with van der Waals surface area (Å²) in [7, 11) is 0. The molecule has 2 rings (SSSR count). The van der Waals surface area contributed by atoms with E-state index >= 15 is 0 Å². The molecule has 0 heterocycles. The van der Waals surface area contributed by atoms with Crippen molar-refractivity contribution in [3.8, 4) is 5.75 Å². The maximum Gasteiger partial charge on any atom is 0.339 e. The van der Waals surface area contributed by atoms with Crippen molar-refractivity contribution in [2.75, 3.05) is 13.2 Å². The van der Waals surface area contributed by atoms with Crippen molar-refractivity contribution in [3.63, 3.8) is 0 Å². The van der Waals surface area contributed by atoms with Gasteiger partial charge in [-0.05, 0) is 25.0 Å². The van der Waals surface area contributed by atoms with E-state index in [1.807, 2.05) is 0 Å². The number of ether oxygens (including phenoxy) is 1. The lowest BCUT2D eigenvalue weighted by Crippen LogP contribution is -2.26. The molecule has 0 aromatic heterocycles. The Morgan fingerprint density at radius 2 is 2.05 bits per heavy atom. The molecule has 0 aliphatic heterocycles. The molecule has 1 aliphatic carbocycles. The van der Waals surface area contributed by atoms with Crippen molar-refractivity contribution >= 4 is 5.97 Å². The number of benzene rings is 1. The number of aromatic carboxylic acids is 1. The van der Waals surface area contributed by atoms with Gasteiger partial charge in [0.25, 0.3) is 0 Å². The van der Waals surface area contributed by atoms with Crippen LogP contribution >= 0.6 is 0 Å². The van der Waals surface area contributed by atoms with Crippen molar-refractivity contribution in [1.82, 2.24) is 5.48 Å². The predicted octanol–water partition coefficient (Wildman–Crippen LogP) is 2.23. The highest BCUT2D eigenvalue weighted by Crippen LogP contribution is 2.20. The molecule has 0 saturated heterocycles. The summed E-state index contributed by atoms with van der Waals surface area (Å²) in [6, 6.07) is 6.61. The largest absolute Gasteiger partial charge is 0.491 e. The van der Waals surface area contributed by atoms with Crippen LogP contribution < -0.4 is 10.2 Å². The Kier molecular flexibility index (Phi) is 5.18. The van der Waals surface area contributed by atoms with Crippen LogP contribution in [-0.2, 0) is 4.84 Å². The van der Waals surface area contributed by atoms with Crippen molar-refractivity contribution in [3.05, 3.63) is 29.8 Å². The second-order valence-corrected chi connectivity index (χ2v) is 4.57. The van der Waals surface area contributed by atoms with Gasteiger partial charge in [0.1, 0.15) is 17.9 Å². The molecule has 1 saturated carbocycles. The van der Waals surface area contributed by atoms with Crippen LogP contribution in [0.15, 0.2) is 24.3 Å². The lowest BCUT2D eigenvalue weighted by atomic mass is 10.2. The molecule has 5 heteroatoms. The molecule has 1 fully saturated rings. The van der Waals surface area contributed by atoms with Gasteiger partial charge in [0.05, 0.1) is 12.6 Å². The highest BCUT2D eigenvalue weighted by molar-refractivity contribution is 5.90. The lowest BCUT2D eigenvalue weighted by molar-refractivity contribution is -0.0246. The van der Waals surface area contributed by atoms with Gasteiger partial charge in [-0.1, -0.05) is 25.0 Å². The zero-order valence-electron chi connectivity index (χ0n) is 10.8. The number of rotatable bonds is 7. The SMILES string of the molecule is O=C(O)c1ccccc1OCCNOC1CCCC1. The van der Waals surface area contributed by atoms with Crippen molar-refractivity contribution in [1.29, 1.82) is 0 Å². The minimum atomic E-state index is -0.981. The number of carboxylic acids is 1. The zero-order chi connectivity index (χ0) is 13.5. The van der Waals surface area contributed by atoms with Crippen LogP contribution in [0.2, 0.25) is 0 Å². The van der Waals surface area contributed by atoms with Gasteiger partial charge in [-0.25, -0.2) is 4.79 Å². The molecule has 104 valence electrons. The summed E-state index contributed by atoms with van der Waals surface area (Å²) >= 11 is 0. The molecule has 0 atom stereocenters. The van der Waals surface area contributed by atoms with Gasteiger partial charge >= 0.3 is 5.97 Å². The number of hydrogen-bond acceptors (Lipinski definition) is 4. The maximum absolute atomic E-state index is 11.0.